The van der Waals surface area contributed by atoms with Crippen LogP contribution in [0.4, 0.5) is 0 Å². The quantitative estimate of drug-likeness (QED) is 0.733. The van der Waals surface area contributed by atoms with E-state index >= 15 is 0 Å². The van der Waals surface area contributed by atoms with E-state index in [-0.39, 0.29) is 5.04 Å². The molecule has 1 N–H and O–H groups in total. The zero-order chi connectivity index (χ0) is 15.2. The van der Waals surface area contributed by atoms with Gasteiger partial charge in [0.05, 0.1) is 0 Å². The summed E-state index contributed by atoms with van der Waals surface area (Å²) in [5.74, 6) is 0. The Balaban J connectivity index is 2.25. The van der Waals surface area contributed by atoms with Crippen LogP contribution in [0.2, 0.25) is 18.1 Å². The molecule has 0 radical (unpaired) electrons. The minimum absolute atomic E-state index is 0.284. The predicted octanol–water partition coefficient (Wildman–Crippen LogP) is 4.76. The zero-order valence-corrected chi connectivity index (χ0v) is 15.5. The van der Waals surface area contributed by atoms with E-state index in [1.807, 2.05) is 0 Å². The third-order valence-electron chi connectivity index (χ3n) is 3.91. The first kappa shape index (κ1) is 17.6. The Bertz CT molecular complexity index is 407. The molecule has 0 saturated carbocycles. The Hall–Kier alpha value is -0.423. The second-order valence-electron chi connectivity index (χ2n) is 6.80. The Morgan fingerprint density at radius 3 is 2.65 bits per heavy atom. The summed E-state index contributed by atoms with van der Waals surface area (Å²) >= 11 is 1.76. The molecule has 20 heavy (non-hydrogen) atoms. The predicted molar refractivity (Wildman–Crippen MR) is 94.0 cm³/mol. The van der Waals surface area contributed by atoms with Gasteiger partial charge >= 0.3 is 0 Å². The fourth-order valence-electron chi connectivity index (χ4n) is 1.44. The lowest BCUT2D eigenvalue weighted by molar-refractivity contribution is 0.253. The topological polar surface area (TPSA) is 21.3 Å². The van der Waals surface area contributed by atoms with Crippen molar-refractivity contribution in [2.24, 2.45) is 0 Å². The van der Waals surface area contributed by atoms with Crippen LogP contribution in [0.5, 0.6) is 0 Å². The van der Waals surface area contributed by atoms with Crippen LogP contribution in [-0.2, 0) is 4.43 Å². The molecule has 1 atom stereocenters. The van der Waals surface area contributed by atoms with Gasteiger partial charge in [0.15, 0.2) is 8.32 Å². The number of nitrogens with one attached hydrogen (secondary N) is 1. The van der Waals surface area contributed by atoms with E-state index in [1.54, 1.807) is 11.3 Å². The highest BCUT2D eigenvalue weighted by molar-refractivity contribution is 7.10. The Labute approximate surface area is 129 Å². The van der Waals surface area contributed by atoms with Crippen molar-refractivity contribution in [2.75, 3.05) is 13.2 Å². The molecule has 0 spiro atoms. The van der Waals surface area contributed by atoms with E-state index in [4.69, 9.17) is 4.43 Å². The smallest absolute Gasteiger partial charge is 0.192 e. The van der Waals surface area contributed by atoms with Gasteiger partial charge in [-0.15, -0.1) is 11.3 Å². The van der Waals surface area contributed by atoms with Crippen molar-refractivity contribution in [2.45, 2.75) is 51.9 Å². The van der Waals surface area contributed by atoms with Crippen LogP contribution in [-0.4, -0.2) is 27.5 Å². The molecule has 114 valence electrons. The molecule has 0 amide bonds. The summed E-state index contributed by atoms with van der Waals surface area (Å²) < 4.78 is 6.21. The largest absolute Gasteiger partial charge is 0.415 e. The van der Waals surface area contributed by atoms with E-state index in [1.165, 1.54) is 4.88 Å². The number of hydrogen-bond acceptors (Lipinski definition) is 3. The maximum absolute atomic E-state index is 6.21. The second-order valence-corrected chi connectivity index (χ2v) is 12.6. The summed E-state index contributed by atoms with van der Waals surface area (Å²) in [6.45, 7) is 15.3. The van der Waals surface area contributed by atoms with Gasteiger partial charge in [-0.1, -0.05) is 32.9 Å². The summed E-state index contributed by atoms with van der Waals surface area (Å²) in [6, 6.07) is 4.59. The molecule has 1 unspecified atom stereocenters. The van der Waals surface area contributed by atoms with Gasteiger partial charge in [0.1, 0.15) is 0 Å². The molecule has 1 heterocycles. The van der Waals surface area contributed by atoms with E-state index in [2.05, 4.69) is 75.8 Å². The lowest BCUT2D eigenvalue weighted by atomic mass is 10.2. The maximum Gasteiger partial charge on any atom is 0.192 e. The summed E-state index contributed by atoms with van der Waals surface area (Å²) in [4.78, 5) is 1.30. The molecule has 0 aromatic carbocycles. The van der Waals surface area contributed by atoms with Crippen molar-refractivity contribution >= 4 is 25.7 Å². The lowest BCUT2D eigenvalue weighted by Crippen LogP contribution is -2.44. The molecule has 4 heteroatoms. The number of rotatable bonds is 7. The first-order valence-corrected chi connectivity index (χ1v) is 11.1. The molecule has 0 fully saturated rings. The first-order valence-electron chi connectivity index (χ1n) is 7.30. The summed E-state index contributed by atoms with van der Waals surface area (Å²) in [5.41, 5.74) is 0. The third-order valence-corrected chi connectivity index (χ3v) is 9.25. The van der Waals surface area contributed by atoms with Crippen molar-refractivity contribution in [1.82, 2.24) is 5.32 Å². The minimum Gasteiger partial charge on any atom is -0.415 e. The van der Waals surface area contributed by atoms with Gasteiger partial charge in [-0.2, -0.15) is 0 Å². The first-order chi connectivity index (χ1) is 9.22. The van der Waals surface area contributed by atoms with Crippen molar-refractivity contribution in [3.63, 3.8) is 0 Å². The van der Waals surface area contributed by atoms with Crippen molar-refractivity contribution < 1.29 is 4.43 Å². The average molecular weight is 312 g/mol. The van der Waals surface area contributed by atoms with Gasteiger partial charge in [0.2, 0.25) is 0 Å². The van der Waals surface area contributed by atoms with Gasteiger partial charge in [0, 0.05) is 24.1 Å². The number of hydrogen-bond donors (Lipinski definition) is 1. The SMILES string of the molecule is CC(CO[Si](C)(C)C(C)(C)C)NC/C=C/c1cccs1. The van der Waals surface area contributed by atoms with Crippen LogP contribution in [0.25, 0.3) is 6.08 Å². The van der Waals surface area contributed by atoms with Crippen LogP contribution in [0.15, 0.2) is 23.6 Å². The molecule has 1 rings (SSSR count). The molecule has 0 saturated heterocycles. The number of thiophene rings is 1. The molecule has 0 bridgehead atoms. The van der Waals surface area contributed by atoms with E-state index in [0.29, 0.717) is 6.04 Å². The highest BCUT2D eigenvalue weighted by Gasteiger charge is 2.37. The van der Waals surface area contributed by atoms with Crippen LogP contribution >= 0.6 is 11.3 Å². The van der Waals surface area contributed by atoms with Crippen molar-refractivity contribution in [3.8, 4) is 0 Å². The Kier molecular flexibility index (Phi) is 6.65. The van der Waals surface area contributed by atoms with Gasteiger partial charge in [-0.3, -0.25) is 0 Å². The van der Waals surface area contributed by atoms with Gasteiger partial charge in [-0.05, 0) is 42.6 Å². The Morgan fingerprint density at radius 1 is 1.40 bits per heavy atom. The summed E-state index contributed by atoms with van der Waals surface area (Å²) in [5, 5.41) is 5.87. The molecule has 1 aromatic rings. The highest BCUT2D eigenvalue weighted by atomic mass is 32.1. The van der Waals surface area contributed by atoms with Crippen molar-refractivity contribution in [3.05, 3.63) is 28.5 Å². The fraction of sp³-hybridized carbons (Fsp3) is 0.625. The normalized spacial score (nSPS) is 14.9. The summed E-state index contributed by atoms with van der Waals surface area (Å²) in [7, 11) is -1.62. The average Bonchev–Trinajstić information content (AvgIpc) is 2.84. The van der Waals surface area contributed by atoms with Crippen LogP contribution in [0.1, 0.15) is 32.6 Å². The monoisotopic (exact) mass is 311 g/mol. The van der Waals surface area contributed by atoms with Crippen LogP contribution in [0, 0.1) is 0 Å². The van der Waals surface area contributed by atoms with Crippen LogP contribution < -0.4 is 5.32 Å². The minimum atomic E-state index is -1.62. The van der Waals surface area contributed by atoms with Gasteiger partial charge in [-0.25, -0.2) is 0 Å². The van der Waals surface area contributed by atoms with Crippen molar-refractivity contribution in [1.29, 1.82) is 0 Å². The molecule has 2 nitrogen and oxygen atoms in total. The lowest BCUT2D eigenvalue weighted by Gasteiger charge is -2.37. The molecule has 0 aliphatic rings. The molecule has 1 aromatic heterocycles. The summed E-state index contributed by atoms with van der Waals surface area (Å²) in [6.07, 6.45) is 4.34. The van der Waals surface area contributed by atoms with E-state index in [0.717, 1.165) is 13.2 Å². The van der Waals surface area contributed by atoms with Gasteiger partial charge < -0.3 is 9.74 Å². The van der Waals surface area contributed by atoms with E-state index < -0.39 is 8.32 Å². The molecular formula is C16H29NOSSi. The standard InChI is InChI=1S/C16H29NOSSi/c1-14(13-18-20(5,6)16(2,3)4)17-11-7-9-15-10-8-12-19-15/h7-10,12,14,17H,11,13H2,1-6H3/b9-7+. The second kappa shape index (κ2) is 7.55. The Morgan fingerprint density at radius 2 is 2.10 bits per heavy atom. The maximum atomic E-state index is 6.21. The zero-order valence-electron chi connectivity index (χ0n) is 13.7. The van der Waals surface area contributed by atoms with Gasteiger partial charge in [0.25, 0.3) is 0 Å². The van der Waals surface area contributed by atoms with E-state index in [9.17, 15) is 0 Å². The fourth-order valence-corrected chi connectivity index (χ4v) is 3.19. The highest BCUT2D eigenvalue weighted by Crippen LogP contribution is 2.36. The molecule has 0 aliphatic carbocycles. The van der Waals surface area contributed by atoms with Crippen LogP contribution in [0.3, 0.4) is 0 Å². The molecular weight excluding hydrogens is 282 g/mol. The molecule has 0 aliphatic heterocycles. The third kappa shape index (κ3) is 5.91.